The van der Waals surface area contributed by atoms with Crippen LogP contribution >= 0.6 is 0 Å². The first kappa shape index (κ1) is 28.0. The topological polar surface area (TPSA) is 70.2 Å². The highest BCUT2D eigenvalue weighted by molar-refractivity contribution is 6.41. The number of ether oxygens (including phenoxy) is 1. The molecule has 1 aliphatic carbocycles. The number of nitrogens with zero attached hydrogens (tertiary/aromatic N) is 2. The first-order valence-corrected chi connectivity index (χ1v) is 10.4. The quantitative estimate of drug-likeness (QED) is 0.234. The van der Waals surface area contributed by atoms with Gasteiger partial charge in [-0.2, -0.15) is 26.3 Å². The van der Waals surface area contributed by atoms with E-state index in [0.717, 1.165) is 7.05 Å². The lowest BCUT2D eigenvalue weighted by atomic mass is 9.56. The van der Waals surface area contributed by atoms with Crippen molar-refractivity contribution in [1.29, 1.82) is 0 Å². The Labute approximate surface area is 195 Å². The number of carbonyl (C=O) groups is 1. The summed E-state index contributed by atoms with van der Waals surface area (Å²) in [5, 5.41) is -0.595. The maximum absolute atomic E-state index is 13.2. The largest absolute Gasteiger partial charge is 0.411 e. The molecule has 34 heavy (non-hydrogen) atoms. The third kappa shape index (κ3) is 8.53. The SMILES string of the molecule is C1CC1.[B]C([B])(C(NC)C(F)(F)F)N(C=O)Cc1ccc2nc(CCOCC(F)(F)F)[nH]c2c1. The molecule has 1 heterocycles. The number of amides is 1. The summed E-state index contributed by atoms with van der Waals surface area (Å²) in [6.45, 7) is -1.91. The van der Waals surface area contributed by atoms with E-state index in [1.54, 1.807) is 0 Å². The number of halogens is 6. The maximum Gasteiger partial charge on any atom is 0.411 e. The van der Waals surface area contributed by atoms with Crippen LogP contribution in [0, 0.1) is 0 Å². The number of carbonyl (C=O) groups excluding carboxylic acids is 1. The van der Waals surface area contributed by atoms with Gasteiger partial charge in [0, 0.05) is 13.0 Å². The molecule has 0 aliphatic heterocycles. The molecule has 1 atom stereocenters. The van der Waals surface area contributed by atoms with E-state index < -0.39 is 30.3 Å². The zero-order valence-electron chi connectivity index (χ0n) is 18.5. The van der Waals surface area contributed by atoms with E-state index >= 15 is 0 Å². The van der Waals surface area contributed by atoms with Gasteiger partial charge in [-0.3, -0.25) is 4.79 Å². The van der Waals surface area contributed by atoms with E-state index in [9.17, 15) is 31.1 Å². The van der Waals surface area contributed by atoms with E-state index in [2.05, 4.69) is 14.7 Å². The second kappa shape index (κ2) is 11.5. The van der Waals surface area contributed by atoms with Crippen LogP contribution in [-0.2, 0) is 22.5 Å². The van der Waals surface area contributed by atoms with Crippen LogP contribution in [0.4, 0.5) is 26.3 Å². The fraction of sp³-hybridized carbons (Fsp3) is 0.600. The van der Waals surface area contributed by atoms with E-state index in [0.29, 0.717) is 27.3 Å². The van der Waals surface area contributed by atoms with Crippen molar-refractivity contribution < 1.29 is 35.9 Å². The molecule has 1 fully saturated rings. The van der Waals surface area contributed by atoms with E-state index in [1.807, 2.05) is 5.32 Å². The minimum absolute atomic E-state index is 0.0880. The van der Waals surface area contributed by atoms with Crippen LogP contribution in [0.25, 0.3) is 11.0 Å². The Balaban J connectivity index is 0.00000126. The zero-order chi connectivity index (χ0) is 25.6. The summed E-state index contributed by atoms with van der Waals surface area (Å²) < 4.78 is 80.4. The second-order valence-electron chi connectivity index (χ2n) is 7.90. The number of likely N-dealkylation sites (N-methyl/N-ethyl adjacent to an activating group) is 1. The van der Waals surface area contributed by atoms with Gasteiger partial charge in [-0.05, 0) is 30.1 Å². The molecule has 2 N–H and O–H groups in total. The van der Waals surface area contributed by atoms with Gasteiger partial charge in [-0.1, -0.05) is 25.3 Å². The highest BCUT2D eigenvalue weighted by atomic mass is 19.4. The highest BCUT2D eigenvalue weighted by Gasteiger charge is 2.49. The Morgan fingerprint density at radius 2 is 1.85 bits per heavy atom. The summed E-state index contributed by atoms with van der Waals surface area (Å²) in [5.41, 5.74) is 1.35. The van der Waals surface area contributed by atoms with Crippen LogP contribution in [0.2, 0.25) is 0 Å². The van der Waals surface area contributed by atoms with Crippen molar-refractivity contribution in [1.82, 2.24) is 20.2 Å². The lowest BCUT2D eigenvalue weighted by molar-refractivity contribution is -0.173. The normalized spacial score (nSPS) is 14.9. The molecule has 14 heteroatoms. The number of nitrogens with one attached hydrogen (secondary N) is 2. The highest BCUT2D eigenvalue weighted by Crippen LogP contribution is 2.29. The summed E-state index contributed by atoms with van der Waals surface area (Å²) in [7, 11) is 12.3. The standard InChI is InChI=1S/C17H18B2F6N4O2.C3H6/c1-26-14(17(23,24)25)16(18,19)29(9-30)7-10-2-3-11-12(6-10)28-13(27-11)4-5-31-8-15(20,21)22;1-2-3-1/h2-3,6,9,14,26H,4-5,7-8H2,1H3,(H,27,28);1-3H2. The van der Waals surface area contributed by atoms with Crippen molar-refractivity contribution in [3.8, 4) is 0 Å². The van der Waals surface area contributed by atoms with Gasteiger partial charge in [0.1, 0.15) is 18.5 Å². The molecule has 3 rings (SSSR count). The number of aromatic nitrogens is 2. The molecule has 184 valence electrons. The molecule has 1 saturated carbocycles. The summed E-state index contributed by atoms with van der Waals surface area (Å²) in [5.74, 6) is 0.362. The van der Waals surface area contributed by atoms with Crippen LogP contribution < -0.4 is 5.32 Å². The monoisotopic (exact) mass is 488 g/mol. The molecule has 0 spiro atoms. The number of imidazole rings is 1. The van der Waals surface area contributed by atoms with Crippen LogP contribution in [0.1, 0.15) is 30.7 Å². The summed E-state index contributed by atoms with van der Waals surface area (Å²) in [6, 6.07) is 2.20. The molecule has 1 amide bonds. The van der Waals surface area contributed by atoms with Crippen LogP contribution in [0.15, 0.2) is 18.2 Å². The van der Waals surface area contributed by atoms with Crippen molar-refractivity contribution in [2.45, 2.75) is 56.0 Å². The van der Waals surface area contributed by atoms with Crippen molar-refractivity contribution in [2.75, 3.05) is 20.3 Å². The first-order valence-electron chi connectivity index (χ1n) is 10.4. The number of alkyl halides is 6. The molecule has 2 aromatic rings. The van der Waals surface area contributed by atoms with Gasteiger partial charge in [0.05, 0.1) is 33.3 Å². The Morgan fingerprint density at radius 3 is 2.35 bits per heavy atom. The molecule has 1 aromatic carbocycles. The molecule has 1 aliphatic rings. The Hall–Kier alpha value is -2.21. The van der Waals surface area contributed by atoms with Gasteiger partial charge >= 0.3 is 12.4 Å². The molecule has 6 nitrogen and oxygen atoms in total. The van der Waals surface area contributed by atoms with E-state index in [-0.39, 0.29) is 26.0 Å². The number of fused-ring (bicyclic) bond motifs is 1. The number of hydrogen-bond acceptors (Lipinski definition) is 4. The molecule has 0 bridgehead atoms. The molecular formula is C20H24B2F6N4O2. The van der Waals surface area contributed by atoms with Crippen LogP contribution in [0.3, 0.4) is 0 Å². The van der Waals surface area contributed by atoms with Crippen molar-refractivity contribution in [3.05, 3.63) is 29.6 Å². The average molecular weight is 488 g/mol. The number of rotatable bonds is 10. The fourth-order valence-corrected chi connectivity index (χ4v) is 2.97. The van der Waals surface area contributed by atoms with Gasteiger partial charge in [0.15, 0.2) is 0 Å². The second-order valence-corrected chi connectivity index (χ2v) is 7.90. The predicted octanol–water partition coefficient (Wildman–Crippen LogP) is 2.95. The molecule has 0 saturated heterocycles. The van der Waals surface area contributed by atoms with Crippen LogP contribution in [-0.4, -0.2) is 81.0 Å². The van der Waals surface area contributed by atoms with Gasteiger partial charge in [-0.15, -0.1) is 0 Å². The van der Waals surface area contributed by atoms with Crippen LogP contribution in [0.5, 0.6) is 0 Å². The maximum atomic E-state index is 13.2. The average Bonchev–Trinajstić information content (AvgIpc) is 3.54. The summed E-state index contributed by atoms with van der Waals surface area (Å²) >= 11 is 0. The van der Waals surface area contributed by atoms with Gasteiger partial charge in [0.25, 0.3) is 0 Å². The lowest BCUT2D eigenvalue weighted by Gasteiger charge is -2.44. The number of benzene rings is 1. The molecule has 4 radical (unpaired) electrons. The number of hydrogen-bond donors (Lipinski definition) is 2. The van der Waals surface area contributed by atoms with Gasteiger partial charge < -0.3 is 19.9 Å². The van der Waals surface area contributed by atoms with Crippen molar-refractivity contribution >= 4 is 33.1 Å². The van der Waals surface area contributed by atoms with E-state index in [1.165, 1.54) is 37.5 Å². The Morgan fingerprint density at radius 1 is 1.21 bits per heavy atom. The van der Waals surface area contributed by atoms with Crippen molar-refractivity contribution in [3.63, 3.8) is 0 Å². The van der Waals surface area contributed by atoms with Crippen molar-refractivity contribution in [2.24, 2.45) is 0 Å². The molecule has 1 aromatic heterocycles. The third-order valence-electron chi connectivity index (χ3n) is 4.75. The minimum atomic E-state index is -4.81. The zero-order valence-corrected chi connectivity index (χ0v) is 18.5. The van der Waals surface area contributed by atoms with Gasteiger partial charge in [0.2, 0.25) is 6.41 Å². The van der Waals surface area contributed by atoms with E-state index in [4.69, 9.17) is 15.7 Å². The predicted molar refractivity (Wildman–Crippen MR) is 115 cm³/mol. The Bertz CT molecular complexity index is 931. The minimum Gasteiger partial charge on any atom is -0.372 e. The lowest BCUT2D eigenvalue weighted by Crippen LogP contribution is -2.66. The third-order valence-corrected chi connectivity index (χ3v) is 4.75. The van der Waals surface area contributed by atoms with Gasteiger partial charge in [-0.25, -0.2) is 4.98 Å². The smallest absolute Gasteiger partial charge is 0.372 e. The summed E-state index contributed by atoms with van der Waals surface area (Å²) in [4.78, 5) is 19.2. The molecular weight excluding hydrogens is 464 g/mol. The Kier molecular flexibility index (Phi) is 9.46. The summed E-state index contributed by atoms with van der Waals surface area (Å²) in [6.07, 6.45) is -4.52. The first-order chi connectivity index (χ1) is 15.8. The number of aromatic amines is 1. The number of H-pyrrole nitrogens is 1. The molecule has 1 unspecified atom stereocenters. The fourth-order valence-electron chi connectivity index (χ4n) is 2.97.